The van der Waals surface area contributed by atoms with Crippen molar-refractivity contribution in [3.8, 4) is 17.1 Å². The Kier molecular flexibility index (Phi) is 4.51. The van der Waals surface area contributed by atoms with E-state index < -0.39 is 17.5 Å². The molecule has 0 spiro atoms. The van der Waals surface area contributed by atoms with Crippen LogP contribution in [0.3, 0.4) is 0 Å². The van der Waals surface area contributed by atoms with Crippen LogP contribution in [0.2, 0.25) is 5.02 Å². The highest BCUT2D eigenvalue weighted by molar-refractivity contribution is 6.30. The van der Waals surface area contributed by atoms with Crippen molar-refractivity contribution in [2.45, 2.75) is 20.0 Å². The molecule has 128 valence electrons. The van der Waals surface area contributed by atoms with Crippen molar-refractivity contribution < 1.29 is 19.1 Å². The molecule has 0 N–H and O–H groups in total. The number of ether oxygens (including phenoxy) is 1. The molecule has 1 unspecified atom stereocenters. The molecule has 0 radical (unpaired) electrons. The number of benzene rings is 2. The molecule has 0 saturated carbocycles. The van der Waals surface area contributed by atoms with Gasteiger partial charge in [0.1, 0.15) is 11.7 Å². The van der Waals surface area contributed by atoms with Gasteiger partial charge in [-0.05, 0) is 50.2 Å². The van der Waals surface area contributed by atoms with Crippen LogP contribution in [-0.2, 0) is 4.79 Å². The third-order valence-electron chi connectivity index (χ3n) is 3.74. The van der Waals surface area contributed by atoms with Gasteiger partial charge in [0.05, 0.1) is 11.4 Å². The van der Waals surface area contributed by atoms with Gasteiger partial charge in [-0.25, -0.2) is 0 Å². The highest BCUT2D eigenvalue weighted by atomic mass is 35.5. The van der Waals surface area contributed by atoms with Gasteiger partial charge in [-0.3, -0.25) is 4.79 Å². The first-order valence-electron chi connectivity index (χ1n) is 7.57. The number of aryl methyl sites for hydroxylation is 1. The second kappa shape index (κ2) is 6.61. The quantitative estimate of drug-likeness (QED) is 0.717. The smallest absolute Gasteiger partial charge is 0.235 e. The molecule has 5 nitrogen and oxygen atoms in total. The Morgan fingerprint density at radius 3 is 2.52 bits per heavy atom. The lowest BCUT2D eigenvalue weighted by molar-refractivity contribution is -0.312. The minimum atomic E-state index is -1.43. The van der Waals surface area contributed by atoms with Crippen molar-refractivity contribution in [3.05, 3.63) is 63.3 Å². The summed E-state index contributed by atoms with van der Waals surface area (Å²) in [5.41, 5.74) is 1.36. The summed E-state index contributed by atoms with van der Waals surface area (Å²) in [6, 6.07) is 11.8. The average Bonchev–Trinajstić information content (AvgIpc) is 2.58. The summed E-state index contributed by atoms with van der Waals surface area (Å²) in [5, 5.41) is 11.9. The Morgan fingerprint density at radius 2 is 1.88 bits per heavy atom. The number of carboxylic acids is 1. The molecule has 0 fully saturated rings. The zero-order valence-corrected chi connectivity index (χ0v) is 14.3. The minimum absolute atomic E-state index is 0.145. The van der Waals surface area contributed by atoms with Gasteiger partial charge in [0.25, 0.3) is 0 Å². The van der Waals surface area contributed by atoms with Crippen molar-refractivity contribution in [2.24, 2.45) is 0 Å². The van der Waals surface area contributed by atoms with E-state index in [-0.39, 0.29) is 11.5 Å². The summed E-state index contributed by atoms with van der Waals surface area (Å²) in [7, 11) is 0. The van der Waals surface area contributed by atoms with Crippen LogP contribution >= 0.6 is 11.6 Å². The minimum Gasteiger partial charge on any atom is -0.546 e. The fraction of sp³-hybridized carbons (Fsp3) is 0.158. The third-order valence-corrected chi connectivity index (χ3v) is 3.99. The van der Waals surface area contributed by atoms with Crippen LogP contribution in [0.5, 0.6) is 5.75 Å². The van der Waals surface area contributed by atoms with E-state index in [4.69, 9.17) is 20.8 Å². The molecule has 1 aromatic heterocycles. The molecule has 3 rings (SSSR count). The number of fused-ring (bicyclic) bond motifs is 1. The van der Waals surface area contributed by atoms with E-state index in [1.165, 1.54) is 6.92 Å². The second-order valence-corrected chi connectivity index (χ2v) is 6.11. The normalized spacial score (nSPS) is 12.1. The Bertz CT molecular complexity index is 1000. The molecule has 6 heteroatoms. The molecule has 2 aromatic carbocycles. The Labute approximate surface area is 148 Å². The summed E-state index contributed by atoms with van der Waals surface area (Å²) in [6.07, 6.45) is -1.31. The lowest BCUT2D eigenvalue weighted by atomic mass is 10.1. The van der Waals surface area contributed by atoms with Crippen molar-refractivity contribution >= 4 is 28.5 Å². The zero-order chi connectivity index (χ0) is 18.1. The first-order valence-corrected chi connectivity index (χ1v) is 7.95. The van der Waals surface area contributed by atoms with Gasteiger partial charge in [-0.2, -0.15) is 0 Å². The fourth-order valence-corrected chi connectivity index (χ4v) is 2.54. The lowest BCUT2D eigenvalue weighted by Gasteiger charge is -2.17. The first kappa shape index (κ1) is 17.0. The SMILES string of the molecule is Cc1ccc2oc(-c3ccc(Cl)cc3)c(OC(C)C(=O)[O-])c(=O)c2c1. The van der Waals surface area contributed by atoms with Crippen LogP contribution in [0.1, 0.15) is 12.5 Å². The Morgan fingerprint density at radius 1 is 1.20 bits per heavy atom. The monoisotopic (exact) mass is 357 g/mol. The maximum Gasteiger partial charge on any atom is 0.235 e. The number of hydrogen-bond donors (Lipinski definition) is 0. The van der Waals surface area contributed by atoms with Crippen LogP contribution in [0, 0.1) is 6.92 Å². The lowest BCUT2D eigenvalue weighted by Crippen LogP contribution is -2.38. The van der Waals surface area contributed by atoms with Gasteiger partial charge < -0.3 is 19.1 Å². The number of carbonyl (C=O) groups excluding carboxylic acids is 1. The molecule has 25 heavy (non-hydrogen) atoms. The molecule has 1 heterocycles. The highest BCUT2D eigenvalue weighted by Gasteiger charge is 2.20. The number of halogens is 1. The van der Waals surface area contributed by atoms with Gasteiger partial charge >= 0.3 is 0 Å². The largest absolute Gasteiger partial charge is 0.546 e. The maximum atomic E-state index is 12.9. The number of carboxylic acid groups (broad SMARTS) is 1. The summed E-state index contributed by atoms with van der Waals surface area (Å²) < 4.78 is 11.2. The van der Waals surface area contributed by atoms with E-state index in [9.17, 15) is 14.7 Å². The average molecular weight is 358 g/mol. The van der Waals surface area contributed by atoms with Gasteiger partial charge in [0, 0.05) is 10.6 Å². The van der Waals surface area contributed by atoms with E-state index in [1.807, 2.05) is 13.0 Å². The highest BCUT2D eigenvalue weighted by Crippen LogP contribution is 2.32. The summed E-state index contributed by atoms with van der Waals surface area (Å²) in [6.45, 7) is 3.14. The Balaban J connectivity index is 2.29. The zero-order valence-electron chi connectivity index (χ0n) is 13.5. The number of rotatable bonds is 4. The van der Waals surface area contributed by atoms with E-state index in [2.05, 4.69) is 0 Å². The van der Waals surface area contributed by atoms with Gasteiger partial charge in [-0.1, -0.05) is 23.2 Å². The number of hydrogen-bond acceptors (Lipinski definition) is 5. The second-order valence-electron chi connectivity index (χ2n) is 5.68. The molecular weight excluding hydrogens is 344 g/mol. The predicted molar refractivity (Wildman–Crippen MR) is 92.8 cm³/mol. The topological polar surface area (TPSA) is 79.6 Å². The standard InChI is InChI=1S/C19H15ClO5/c1-10-3-8-15-14(9-10)16(21)18(24-11(2)19(22)23)17(25-15)12-4-6-13(20)7-5-12/h3-9,11H,1-2H3,(H,22,23)/p-1. The fourth-order valence-electron chi connectivity index (χ4n) is 2.42. The third kappa shape index (κ3) is 3.37. The molecule has 0 amide bonds. The molecule has 0 aliphatic rings. The molecule has 3 aromatic rings. The summed E-state index contributed by atoms with van der Waals surface area (Å²) >= 11 is 5.90. The van der Waals surface area contributed by atoms with Crippen molar-refractivity contribution in [2.75, 3.05) is 0 Å². The molecule has 0 saturated heterocycles. The van der Waals surface area contributed by atoms with Gasteiger partial charge in [-0.15, -0.1) is 0 Å². The van der Waals surface area contributed by atoms with Crippen molar-refractivity contribution in [3.63, 3.8) is 0 Å². The van der Waals surface area contributed by atoms with Crippen LogP contribution < -0.4 is 15.3 Å². The van der Waals surface area contributed by atoms with Crippen LogP contribution in [0.15, 0.2) is 51.7 Å². The van der Waals surface area contributed by atoms with Gasteiger partial charge in [0.2, 0.25) is 11.2 Å². The van der Waals surface area contributed by atoms with Crippen molar-refractivity contribution in [1.29, 1.82) is 0 Å². The summed E-state index contributed by atoms with van der Waals surface area (Å²) in [5.74, 6) is -1.45. The molecule has 0 bridgehead atoms. The van der Waals surface area contributed by atoms with E-state index in [1.54, 1.807) is 36.4 Å². The molecule has 1 atom stereocenters. The maximum absolute atomic E-state index is 12.9. The molecular formula is C19H14ClO5-. The number of carbonyl (C=O) groups is 1. The van der Waals surface area contributed by atoms with Crippen LogP contribution in [0.4, 0.5) is 0 Å². The van der Waals surface area contributed by atoms with Crippen LogP contribution in [0.25, 0.3) is 22.3 Å². The first-order chi connectivity index (χ1) is 11.9. The van der Waals surface area contributed by atoms with Crippen LogP contribution in [-0.4, -0.2) is 12.1 Å². The molecule has 0 aliphatic heterocycles. The molecule has 0 aliphatic carbocycles. The van der Waals surface area contributed by atoms with Crippen molar-refractivity contribution in [1.82, 2.24) is 0 Å². The number of aliphatic carboxylic acids is 1. The van der Waals surface area contributed by atoms with E-state index in [0.29, 0.717) is 21.6 Å². The summed E-state index contributed by atoms with van der Waals surface area (Å²) in [4.78, 5) is 23.9. The predicted octanol–water partition coefficient (Wildman–Crippen LogP) is 2.94. The Hall–Kier alpha value is -2.79. The van der Waals surface area contributed by atoms with E-state index in [0.717, 1.165) is 5.56 Å². The van der Waals surface area contributed by atoms with E-state index >= 15 is 0 Å². The van der Waals surface area contributed by atoms with Gasteiger partial charge in [0.15, 0.2) is 5.76 Å².